The maximum atomic E-state index is 13.4. The number of rotatable bonds is 4. The molecule has 0 aromatic heterocycles. The monoisotopic (exact) mass is 297 g/mol. The van der Waals surface area contributed by atoms with E-state index in [9.17, 15) is 19.6 Å². The summed E-state index contributed by atoms with van der Waals surface area (Å²) in [6.07, 6.45) is 0. The first-order chi connectivity index (χ1) is 9.76. The van der Waals surface area contributed by atoms with Gasteiger partial charge in [0.2, 0.25) is 0 Å². The highest BCUT2D eigenvalue weighted by molar-refractivity contribution is 5.63. The first-order valence-corrected chi connectivity index (χ1v) is 6.90. The lowest BCUT2D eigenvalue weighted by Crippen LogP contribution is -2.50. The number of benzene rings is 1. The van der Waals surface area contributed by atoms with E-state index in [1.165, 1.54) is 12.1 Å². The van der Waals surface area contributed by atoms with E-state index in [0.717, 1.165) is 6.07 Å². The van der Waals surface area contributed by atoms with Gasteiger partial charge in [-0.05, 0) is 19.9 Å². The zero-order valence-corrected chi connectivity index (χ0v) is 12.3. The molecule has 1 fully saturated rings. The van der Waals surface area contributed by atoms with Crippen LogP contribution in [0.4, 0.5) is 15.8 Å². The summed E-state index contributed by atoms with van der Waals surface area (Å²) >= 11 is 0. The van der Waals surface area contributed by atoms with Gasteiger partial charge in [0.25, 0.3) is 5.69 Å². The smallest absolute Gasteiger partial charge is 0.292 e. The summed E-state index contributed by atoms with van der Waals surface area (Å²) in [5.41, 5.74) is -0.525. The Morgan fingerprint density at radius 3 is 2.48 bits per heavy atom. The van der Waals surface area contributed by atoms with Crippen molar-refractivity contribution < 1.29 is 14.4 Å². The van der Waals surface area contributed by atoms with Crippen molar-refractivity contribution >= 4 is 11.4 Å². The van der Waals surface area contributed by atoms with E-state index in [1.807, 2.05) is 4.90 Å². The van der Waals surface area contributed by atoms with Gasteiger partial charge in [0.1, 0.15) is 11.5 Å². The normalized spacial score (nSPS) is 17.0. The third-order valence-corrected chi connectivity index (χ3v) is 3.46. The van der Waals surface area contributed by atoms with Crippen LogP contribution in [0.5, 0.6) is 0 Å². The zero-order chi connectivity index (χ0) is 15.6. The van der Waals surface area contributed by atoms with Crippen molar-refractivity contribution in [3.63, 3.8) is 0 Å². The van der Waals surface area contributed by atoms with Crippen LogP contribution in [0.2, 0.25) is 0 Å². The molecule has 1 aliphatic heterocycles. The Kier molecular flexibility index (Phi) is 4.43. The number of nitro benzene ring substituents is 1. The zero-order valence-electron chi connectivity index (χ0n) is 12.3. The van der Waals surface area contributed by atoms with Crippen LogP contribution in [0.25, 0.3) is 0 Å². The molecule has 7 heteroatoms. The molecule has 0 atom stereocenters. The Morgan fingerprint density at radius 1 is 1.33 bits per heavy atom. The van der Waals surface area contributed by atoms with Gasteiger partial charge in [0.15, 0.2) is 0 Å². The van der Waals surface area contributed by atoms with Crippen LogP contribution in [0.15, 0.2) is 18.2 Å². The molecule has 0 saturated carbocycles. The Labute approximate surface area is 122 Å². The minimum Gasteiger partial charge on any atom is -0.389 e. The number of nitro groups is 1. The minimum absolute atomic E-state index is 0.0765. The first kappa shape index (κ1) is 15.7. The topological polar surface area (TPSA) is 69.8 Å². The molecule has 21 heavy (non-hydrogen) atoms. The number of nitrogens with zero attached hydrogens (tertiary/aromatic N) is 3. The number of hydrogen-bond donors (Lipinski definition) is 1. The van der Waals surface area contributed by atoms with Crippen molar-refractivity contribution in [1.82, 2.24) is 4.90 Å². The van der Waals surface area contributed by atoms with Crippen LogP contribution in [0.1, 0.15) is 13.8 Å². The molecule has 0 unspecified atom stereocenters. The Morgan fingerprint density at radius 2 is 1.95 bits per heavy atom. The molecule has 1 heterocycles. The lowest BCUT2D eigenvalue weighted by atomic mass is 10.1. The molecule has 116 valence electrons. The van der Waals surface area contributed by atoms with Crippen molar-refractivity contribution in [2.75, 3.05) is 37.6 Å². The average molecular weight is 297 g/mol. The minimum atomic E-state index is -0.771. The largest absolute Gasteiger partial charge is 0.389 e. The van der Waals surface area contributed by atoms with E-state index >= 15 is 0 Å². The fourth-order valence-electron chi connectivity index (χ4n) is 2.60. The van der Waals surface area contributed by atoms with Gasteiger partial charge >= 0.3 is 0 Å². The molecule has 0 amide bonds. The summed E-state index contributed by atoms with van der Waals surface area (Å²) < 4.78 is 13.4. The fraction of sp³-hybridized carbons (Fsp3) is 0.571. The van der Waals surface area contributed by atoms with Gasteiger partial charge in [-0.1, -0.05) is 0 Å². The molecule has 1 aromatic rings. The number of anilines is 1. The summed E-state index contributed by atoms with van der Waals surface area (Å²) in [6.45, 7) is 6.54. The second-order valence-electron chi connectivity index (χ2n) is 5.97. The van der Waals surface area contributed by atoms with Crippen LogP contribution in [-0.4, -0.2) is 53.3 Å². The molecule has 1 saturated heterocycles. The van der Waals surface area contributed by atoms with Crippen molar-refractivity contribution in [2.24, 2.45) is 0 Å². The second kappa shape index (κ2) is 5.95. The summed E-state index contributed by atoms with van der Waals surface area (Å²) in [5.74, 6) is -0.477. The van der Waals surface area contributed by atoms with Crippen LogP contribution < -0.4 is 4.90 Å². The standard InChI is InChI=1S/C14H20FN3O3/c1-14(2,19)10-16-5-7-17(8-6-16)13-9-11(15)3-4-12(13)18(20)21/h3-4,9,19H,5-8,10H2,1-2H3. The van der Waals surface area contributed by atoms with E-state index in [4.69, 9.17) is 0 Å². The summed E-state index contributed by atoms with van der Waals surface area (Å²) in [7, 11) is 0. The Balaban J connectivity index is 2.09. The molecule has 1 aliphatic rings. The summed E-state index contributed by atoms with van der Waals surface area (Å²) in [6, 6.07) is 3.52. The molecule has 0 radical (unpaired) electrons. The van der Waals surface area contributed by atoms with Crippen molar-refractivity contribution in [2.45, 2.75) is 19.4 Å². The van der Waals surface area contributed by atoms with E-state index in [2.05, 4.69) is 4.90 Å². The van der Waals surface area contributed by atoms with Gasteiger partial charge in [-0.15, -0.1) is 0 Å². The van der Waals surface area contributed by atoms with E-state index in [1.54, 1.807) is 13.8 Å². The molecule has 1 aromatic carbocycles. The second-order valence-corrected chi connectivity index (χ2v) is 5.97. The SMILES string of the molecule is CC(C)(O)CN1CCN(c2cc(F)ccc2[N+](=O)[O-])CC1. The molecular formula is C14H20FN3O3. The van der Waals surface area contributed by atoms with Gasteiger partial charge < -0.3 is 10.0 Å². The summed E-state index contributed by atoms with van der Waals surface area (Å²) in [5, 5.41) is 20.9. The van der Waals surface area contributed by atoms with E-state index < -0.39 is 16.3 Å². The Bertz CT molecular complexity index is 523. The number of aliphatic hydroxyl groups is 1. The summed E-state index contributed by atoms with van der Waals surface area (Å²) in [4.78, 5) is 14.5. The first-order valence-electron chi connectivity index (χ1n) is 6.90. The van der Waals surface area contributed by atoms with Gasteiger partial charge in [0, 0.05) is 44.9 Å². The van der Waals surface area contributed by atoms with Gasteiger partial charge in [-0.25, -0.2) is 4.39 Å². The highest BCUT2D eigenvalue weighted by Gasteiger charge is 2.26. The van der Waals surface area contributed by atoms with Crippen LogP contribution >= 0.6 is 0 Å². The van der Waals surface area contributed by atoms with Crippen LogP contribution in [0.3, 0.4) is 0 Å². The molecule has 6 nitrogen and oxygen atoms in total. The van der Waals surface area contributed by atoms with Gasteiger partial charge in [-0.3, -0.25) is 15.0 Å². The Hall–Kier alpha value is -1.73. The fourth-order valence-corrected chi connectivity index (χ4v) is 2.60. The van der Waals surface area contributed by atoms with E-state index in [0.29, 0.717) is 38.4 Å². The number of halogens is 1. The molecule has 0 spiro atoms. The molecular weight excluding hydrogens is 277 g/mol. The third kappa shape index (κ3) is 4.12. The van der Waals surface area contributed by atoms with Crippen molar-refractivity contribution in [3.05, 3.63) is 34.1 Å². The van der Waals surface area contributed by atoms with Crippen molar-refractivity contribution in [3.8, 4) is 0 Å². The average Bonchev–Trinajstić information content (AvgIpc) is 2.37. The van der Waals surface area contributed by atoms with Crippen LogP contribution in [-0.2, 0) is 0 Å². The highest BCUT2D eigenvalue weighted by atomic mass is 19.1. The maximum Gasteiger partial charge on any atom is 0.292 e. The third-order valence-electron chi connectivity index (χ3n) is 3.46. The lowest BCUT2D eigenvalue weighted by Gasteiger charge is -2.38. The predicted molar refractivity (Wildman–Crippen MR) is 78.0 cm³/mol. The van der Waals surface area contributed by atoms with Gasteiger partial charge in [0.05, 0.1) is 10.5 Å². The van der Waals surface area contributed by atoms with E-state index in [-0.39, 0.29) is 5.69 Å². The highest BCUT2D eigenvalue weighted by Crippen LogP contribution is 2.29. The van der Waals surface area contributed by atoms with Crippen molar-refractivity contribution in [1.29, 1.82) is 0 Å². The molecule has 0 bridgehead atoms. The van der Waals surface area contributed by atoms with Crippen LogP contribution in [0, 0.1) is 15.9 Å². The van der Waals surface area contributed by atoms with Gasteiger partial charge in [-0.2, -0.15) is 0 Å². The quantitative estimate of drug-likeness (QED) is 0.675. The number of hydrogen-bond acceptors (Lipinski definition) is 5. The number of β-amino-alcohol motifs (C(OH)–C–C–N with tert-alkyl or cyclic N) is 1. The molecule has 0 aliphatic carbocycles. The maximum absolute atomic E-state index is 13.4. The molecule has 2 rings (SSSR count). The lowest BCUT2D eigenvalue weighted by molar-refractivity contribution is -0.384. The number of piperazine rings is 1. The molecule has 1 N–H and O–H groups in total. The predicted octanol–water partition coefficient (Wildman–Crippen LogP) is 1.63.